The van der Waals surface area contributed by atoms with Gasteiger partial charge >= 0.3 is 7.25 Å². The van der Waals surface area contributed by atoms with Gasteiger partial charge in [0.25, 0.3) is 0 Å². The summed E-state index contributed by atoms with van der Waals surface area (Å²) in [7, 11) is -6.00. The molecule has 0 aliphatic rings. The minimum atomic E-state index is -6.00. The van der Waals surface area contributed by atoms with Gasteiger partial charge in [0.1, 0.15) is 0 Å². The number of nitrogens with two attached hydrogens (primary N) is 1. The Morgan fingerprint density at radius 1 is 1.07 bits per heavy atom. The lowest BCUT2D eigenvalue weighted by molar-refractivity contribution is 0.368. The maximum Gasteiger partial charge on any atom is 0.673 e. The van der Waals surface area contributed by atoms with Crippen LogP contribution in [0.1, 0.15) is 5.56 Å². The van der Waals surface area contributed by atoms with Crippen molar-refractivity contribution in [2.24, 2.45) is 5.73 Å². The highest BCUT2D eigenvalue weighted by Gasteiger charge is 2.20. The van der Waals surface area contributed by atoms with Crippen molar-refractivity contribution in [2.75, 3.05) is 0 Å². The predicted molar refractivity (Wildman–Crippen MR) is 57.2 cm³/mol. The maximum absolute atomic E-state index is 9.75. The molecule has 0 saturated heterocycles. The normalized spacial score (nSPS) is 10.4. The monoisotopic (exact) mass is 320 g/mol. The van der Waals surface area contributed by atoms with E-state index in [2.05, 4.69) is 34.7 Å². The van der Waals surface area contributed by atoms with Crippen LogP contribution >= 0.6 is 22.6 Å². The van der Waals surface area contributed by atoms with Crippen molar-refractivity contribution in [3.63, 3.8) is 0 Å². The van der Waals surface area contributed by atoms with Gasteiger partial charge in [-0.15, -0.1) is 0 Å². The molecule has 1 aromatic rings. The summed E-state index contributed by atoms with van der Waals surface area (Å²) in [5, 5.41) is 0. The van der Waals surface area contributed by atoms with Crippen LogP contribution in [-0.4, -0.2) is 7.25 Å². The zero-order valence-electron chi connectivity index (χ0n) is 7.06. The molecule has 0 spiro atoms. The summed E-state index contributed by atoms with van der Waals surface area (Å²) in [5.41, 5.74) is 6.59. The molecule has 0 unspecified atom stereocenters. The first-order chi connectivity index (χ1) is 6.33. The second-order valence-corrected chi connectivity index (χ2v) is 3.57. The number of halogens is 5. The lowest BCUT2D eigenvalue weighted by Gasteiger charge is -1.94. The summed E-state index contributed by atoms with van der Waals surface area (Å²) in [6.45, 7) is 0.636. The summed E-state index contributed by atoms with van der Waals surface area (Å²) < 4.78 is 40.3. The fourth-order valence-corrected chi connectivity index (χ4v) is 0.980. The highest BCUT2D eigenvalue weighted by Crippen LogP contribution is 2.06. The molecule has 14 heavy (non-hydrogen) atoms. The Bertz CT molecular complexity index is 255. The van der Waals surface area contributed by atoms with Crippen molar-refractivity contribution in [1.29, 1.82) is 0 Å². The number of hydrogen-bond acceptors (Lipinski definition) is 1. The molecular formula is C7H8BF4IN-. The lowest BCUT2D eigenvalue weighted by Crippen LogP contribution is -2.02. The van der Waals surface area contributed by atoms with Gasteiger partial charge in [-0.05, 0) is 40.3 Å². The molecular weight excluding hydrogens is 312 g/mol. The van der Waals surface area contributed by atoms with Gasteiger partial charge in [-0.2, -0.15) is 0 Å². The molecule has 80 valence electrons. The fraction of sp³-hybridized carbons (Fsp3) is 0.143. The Balaban J connectivity index is 0.000000292. The van der Waals surface area contributed by atoms with E-state index in [1.807, 2.05) is 12.1 Å². The van der Waals surface area contributed by atoms with E-state index in [1.165, 1.54) is 9.13 Å². The van der Waals surface area contributed by atoms with E-state index in [4.69, 9.17) is 5.73 Å². The van der Waals surface area contributed by atoms with E-state index in [1.54, 1.807) is 0 Å². The molecule has 0 aromatic heterocycles. The average Bonchev–Trinajstić information content (AvgIpc) is 2.03. The number of hydrogen-bond donors (Lipinski definition) is 1. The molecule has 0 aliphatic heterocycles. The minimum absolute atomic E-state index is 0.636. The first kappa shape index (κ1) is 13.7. The highest BCUT2D eigenvalue weighted by molar-refractivity contribution is 14.1. The number of rotatable bonds is 1. The van der Waals surface area contributed by atoms with Crippen LogP contribution in [0.5, 0.6) is 0 Å². The molecule has 1 rings (SSSR count). The summed E-state index contributed by atoms with van der Waals surface area (Å²) >= 11 is 2.27. The van der Waals surface area contributed by atoms with Crippen molar-refractivity contribution < 1.29 is 17.3 Å². The van der Waals surface area contributed by atoms with E-state index < -0.39 is 7.25 Å². The van der Waals surface area contributed by atoms with Gasteiger partial charge in [0.15, 0.2) is 0 Å². The molecule has 7 heteroatoms. The van der Waals surface area contributed by atoms with E-state index in [0.717, 1.165) is 0 Å². The van der Waals surface area contributed by atoms with Gasteiger partial charge in [0.2, 0.25) is 0 Å². The summed E-state index contributed by atoms with van der Waals surface area (Å²) in [4.78, 5) is 0. The standard InChI is InChI=1S/C7H8IN.BF4/c8-7-3-1-6(5-9)2-4-7;2-1(3,4)5/h1-4H,5,9H2;/q;-1. The van der Waals surface area contributed by atoms with E-state index >= 15 is 0 Å². The Morgan fingerprint density at radius 2 is 1.43 bits per heavy atom. The zero-order chi connectivity index (χ0) is 11.2. The third-order valence-electron chi connectivity index (χ3n) is 1.15. The van der Waals surface area contributed by atoms with E-state index in [9.17, 15) is 17.3 Å². The molecule has 0 bridgehead atoms. The Labute approximate surface area is 92.9 Å². The first-order valence-corrected chi connectivity index (χ1v) is 4.72. The van der Waals surface area contributed by atoms with Crippen molar-refractivity contribution in [2.45, 2.75) is 6.54 Å². The second kappa shape index (κ2) is 6.23. The molecule has 0 saturated carbocycles. The number of benzene rings is 1. The SMILES string of the molecule is F[B-](F)(F)F.NCc1ccc(I)cc1. The summed E-state index contributed by atoms with van der Waals surface area (Å²) in [6, 6.07) is 8.20. The fourth-order valence-electron chi connectivity index (χ4n) is 0.620. The van der Waals surface area contributed by atoms with Gasteiger partial charge in [-0.25, -0.2) is 0 Å². The molecule has 0 radical (unpaired) electrons. The van der Waals surface area contributed by atoms with Crippen LogP contribution in [0.15, 0.2) is 24.3 Å². The Hall–Kier alpha value is -0.305. The molecule has 0 atom stereocenters. The third kappa shape index (κ3) is 9.78. The third-order valence-corrected chi connectivity index (χ3v) is 1.87. The van der Waals surface area contributed by atoms with Crippen LogP contribution in [0.2, 0.25) is 0 Å². The zero-order valence-corrected chi connectivity index (χ0v) is 9.22. The lowest BCUT2D eigenvalue weighted by atomic mass is 10.2. The summed E-state index contributed by atoms with van der Waals surface area (Å²) in [5.74, 6) is 0. The predicted octanol–water partition coefficient (Wildman–Crippen LogP) is 3.05. The first-order valence-electron chi connectivity index (χ1n) is 3.65. The molecule has 0 aliphatic carbocycles. The molecule has 0 fully saturated rings. The Kier molecular flexibility index (Phi) is 6.09. The summed E-state index contributed by atoms with van der Waals surface area (Å²) in [6.07, 6.45) is 0. The van der Waals surface area contributed by atoms with Crippen LogP contribution in [0.25, 0.3) is 0 Å². The molecule has 1 aromatic carbocycles. The second-order valence-electron chi connectivity index (χ2n) is 2.33. The molecule has 0 heterocycles. The van der Waals surface area contributed by atoms with Gasteiger partial charge in [-0.3, -0.25) is 0 Å². The van der Waals surface area contributed by atoms with E-state index in [-0.39, 0.29) is 0 Å². The van der Waals surface area contributed by atoms with Gasteiger partial charge < -0.3 is 23.0 Å². The Morgan fingerprint density at radius 3 is 1.71 bits per heavy atom. The molecule has 0 amide bonds. The van der Waals surface area contributed by atoms with Crippen molar-refractivity contribution in [3.8, 4) is 0 Å². The van der Waals surface area contributed by atoms with Crippen molar-refractivity contribution in [3.05, 3.63) is 33.4 Å². The van der Waals surface area contributed by atoms with Gasteiger partial charge in [-0.1, -0.05) is 12.1 Å². The van der Waals surface area contributed by atoms with Crippen molar-refractivity contribution in [1.82, 2.24) is 0 Å². The van der Waals surface area contributed by atoms with Gasteiger partial charge in [0.05, 0.1) is 0 Å². The topological polar surface area (TPSA) is 26.0 Å². The highest BCUT2D eigenvalue weighted by atomic mass is 127. The van der Waals surface area contributed by atoms with Gasteiger partial charge in [0, 0.05) is 10.1 Å². The van der Waals surface area contributed by atoms with E-state index in [0.29, 0.717) is 6.54 Å². The molecule has 2 N–H and O–H groups in total. The van der Waals surface area contributed by atoms with Crippen LogP contribution < -0.4 is 5.73 Å². The minimum Gasteiger partial charge on any atom is -0.418 e. The maximum atomic E-state index is 9.75. The van der Waals surface area contributed by atoms with Crippen molar-refractivity contribution >= 4 is 29.8 Å². The quantitative estimate of drug-likeness (QED) is 0.480. The smallest absolute Gasteiger partial charge is 0.418 e. The van der Waals surface area contributed by atoms with Crippen LogP contribution in [-0.2, 0) is 6.54 Å². The average molecular weight is 320 g/mol. The van der Waals surface area contributed by atoms with Crippen LogP contribution in [0.3, 0.4) is 0 Å². The molecule has 1 nitrogen and oxygen atoms in total. The van der Waals surface area contributed by atoms with Crippen LogP contribution in [0.4, 0.5) is 17.3 Å². The largest absolute Gasteiger partial charge is 0.673 e. The van der Waals surface area contributed by atoms with Crippen LogP contribution in [0, 0.1) is 3.57 Å².